The van der Waals surface area contributed by atoms with Gasteiger partial charge in [-0.2, -0.15) is 0 Å². The molecule has 0 aliphatic carbocycles. The van der Waals surface area contributed by atoms with E-state index >= 15 is 0 Å². The number of carbonyl (C=O) groups excluding carboxylic acids is 2. The Morgan fingerprint density at radius 3 is 2.63 bits per heavy atom. The van der Waals surface area contributed by atoms with Crippen LogP contribution in [0.3, 0.4) is 0 Å². The van der Waals surface area contributed by atoms with Gasteiger partial charge in [0, 0.05) is 23.3 Å². The molecule has 0 aliphatic heterocycles. The predicted octanol–water partition coefficient (Wildman–Crippen LogP) is 3.08. The van der Waals surface area contributed by atoms with Gasteiger partial charge < -0.3 is 9.97 Å². The Hall–Kier alpha value is -4.20. The second kappa shape index (κ2) is 7.32. The van der Waals surface area contributed by atoms with Crippen molar-refractivity contribution in [3.8, 4) is 0 Å². The number of nitrogens with zero attached hydrogens (tertiary/aromatic N) is 4. The minimum absolute atomic E-state index is 0.0352. The maximum absolute atomic E-state index is 12.7. The largest absolute Gasteiger partial charge is 0.348 e. The molecule has 0 fully saturated rings. The summed E-state index contributed by atoms with van der Waals surface area (Å²) in [5.74, 6) is 0.775. The highest BCUT2D eigenvalue weighted by Crippen LogP contribution is 2.19. The van der Waals surface area contributed by atoms with Gasteiger partial charge in [0.15, 0.2) is 11.6 Å². The monoisotopic (exact) mass is 396 g/mol. The van der Waals surface area contributed by atoms with Crippen LogP contribution in [0.1, 0.15) is 32.5 Å². The van der Waals surface area contributed by atoms with Crippen molar-refractivity contribution < 1.29 is 9.59 Å². The van der Waals surface area contributed by atoms with E-state index < -0.39 is 0 Å². The lowest BCUT2D eigenvalue weighted by atomic mass is 10.1. The predicted molar refractivity (Wildman–Crippen MR) is 110 cm³/mol. The Bertz CT molecular complexity index is 1390. The van der Waals surface area contributed by atoms with Crippen molar-refractivity contribution in [2.75, 3.05) is 0 Å². The normalized spacial score (nSPS) is 11.2. The van der Waals surface area contributed by atoms with E-state index in [-0.39, 0.29) is 30.1 Å². The van der Waals surface area contributed by atoms with Gasteiger partial charge in [0.2, 0.25) is 0 Å². The number of fused-ring (bicyclic) bond motifs is 2. The summed E-state index contributed by atoms with van der Waals surface area (Å²) in [4.78, 5) is 40.1. The first-order valence-electron chi connectivity index (χ1n) is 9.42. The summed E-state index contributed by atoms with van der Waals surface area (Å²) in [7, 11) is 0. The summed E-state index contributed by atoms with van der Waals surface area (Å²) in [6, 6.07) is 14.6. The molecule has 0 aliphatic rings. The Kier molecular flexibility index (Phi) is 4.36. The van der Waals surface area contributed by atoms with E-state index in [4.69, 9.17) is 0 Å². The summed E-state index contributed by atoms with van der Waals surface area (Å²) >= 11 is 0. The second-order valence-corrected chi connectivity index (χ2v) is 6.91. The first-order valence-corrected chi connectivity index (χ1v) is 9.42. The average Bonchev–Trinajstić information content (AvgIpc) is 3.42. The van der Waals surface area contributed by atoms with Crippen molar-refractivity contribution in [2.24, 2.45) is 0 Å². The van der Waals surface area contributed by atoms with Crippen LogP contribution in [0, 0.1) is 0 Å². The van der Waals surface area contributed by atoms with E-state index in [1.54, 1.807) is 30.6 Å². The van der Waals surface area contributed by atoms with Crippen LogP contribution >= 0.6 is 0 Å². The number of nitrogens with one attached hydrogen (secondary N) is 2. The third-order valence-electron chi connectivity index (χ3n) is 4.85. The van der Waals surface area contributed by atoms with E-state index in [9.17, 15) is 9.59 Å². The zero-order chi connectivity index (χ0) is 20.5. The molecule has 2 N–H and O–H groups in total. The number of rotatable bonds is 6. The molecule has 0 bridgehead atoms. The first kappa shape index (κ1) is 17.9. The van der Waals surface area contributed by atoms with Crippen LogP contribution in [0.4, 0.5) is 0 Å². The molecule has 3 heterocycles. The molecule has 30 heavy (non-hydrogen) atoms. The zero-order valence-electron chi connectivity index (χ0n) is 15.8. The first-order chi connectivity index (χ1) is 14.7. The second-order valence-electron chi connectivity index (χ2n) is 6.91. The number of hydrogen-bond donors (Lipinski definition) is 2. The average molecular weight is 396 g/mol. The number of hydrogen-bond acceptors (Lipinski definition) is 6. The van der Waals surface area contributed by atoms with Gasteiger partial charge in [0.25, 0.3) is 0 Å². The fourth-order valence-electron chi connectivity index (χ4n) is 3.40. The standard InChI is InChI=1S/C22H16N6O2/c29-18(11-20-23-8-9-24-20)14-5-3-7-16-22(14)26-21(25-16)12-19(30)17-10-13-4-1-2-6-15(13)27-28-17/h1-10H,11-12H2,(H,23,24)(H,25,26). The molecular weight excluding hydrogens is 380 g/mol. The molecule has 0 saturated heterocycles. The van der Waals surface area contributed by atoms with Crippen molar-refractivity contribution >= 4 is 33.5 Å². The van der Waals surface area contributed by atoms with Crippen LogP contribution < -0.4 is 0 Å². The number of ketones is 2. The molecule has 0 saturated carbocycles. The highest BCUT2D eigenvalue weighted by molar-refractivity contribution is 6.07. The van der Waals surface area contributed by atoms with E-state index in [1.807, 2.05) is 30.3 Å². The smallest absolute Gasteiger partial charge is 0.190 e. The molecule has 0 unspecified atom stereocenters. The lowest BCUT2D eigenvalue weighted by Gasteiger charge is -2.00. The Morgan fingerprint density at radius 2 is 1.77 bits per heavy atom. The molecule has 0 spiro atoms. The highest BCUT2D eigenvalue weighted by Gasteiger charge is 2.17. The Morgan fingerprint density at radius 1 is 0.900 bits per heavy atom. The third-order valence-corrected chi connectivity index (χ3v) is 4.85. The van der Waals surface area contributed by atoms with Gasteiger partial charge >= 0.3 is 0 Å². The van der Waals surface area contributed by atoms with Crippen molar-refractivity contribution in [1.82, 2.24) is 30.1 Å². The van der Waals surface area contributed by atoms with Crippen LogP contribution in [0.5, 0.6) is 0 Å². The topological polar surface area (TPSA) is 117 Å². The molecule has 8 nitrogen and oxygen atoms in total. The van der Waals surface area contributed by atoms with Gasteiger partial charge in [-0.05, 0) is 24.3 Å². The van der Waals surface area contributed by atoms with Crippen LogP contribution in [-0.4, -0.2) is 41.7 Å². The molecule has 5 aromatic rings. The van der Waals surface area contributed by atoms with Crippen molar-refractivity contribution in [3.63, 3.8) is 0 Å². The molecule has 146 valence electrons. The van der Waals surface area contributed by atoms with Gasteiger partial charge in [0.05, 0.1) is 29.4 Å². The minimum atomic E-state index is -0.198. The molecule has 3 aromatic heterocycles. The van der Waals surface area contributed by atoms with Gasteiger partial charge in [-0.1, -0.05) is 24.3 Å². The lowest BCUT2D eigenvalue weighted by molar-refractivity contribution is 0.0981. The quantitative estimate of drug-likeness (QED) is 0.426. The summed E-state index contributed by atoms with van der Waals surface area (Å²) in [6.45, 7) is 0. The number of Topliss-reactive ketones (excluding diaryl/α,β-unsaturated/α-hetero) is 2. The van der Waals surface area contributed by atoms with Gasteiger partial charge in [0.1, 0.15) is 17.3 Å². The number of H-pyrrole nitrogens is 2. The molecule has 2 aromatic carbocycles. The number of benzene rings is 2. The zero-order valence-corrected chi connectivity index (χ0v) is 15.8. The number of imidazole rings is 2. The SMILES string of the molecule is O=C(Cc1nc2c(C(=O)Cc3ncc[nH]3)cccc2[nH]1)c1cc2ccccc2nn1. The van der Waals surface area contributed by atoms with E-state index in [0.717, 1.165) is 10.9 Å². The lowest BCUT2D eigenvalue weighted by Crippen LogP contribution is -2.08. The van der Waals surface area contributed by atoms with Crippen molar-refractivity contribution in [2.45, 2.75) is 12.8 Å². The fraction of sp³-hybridized carbons (Fsp3) is 0.0909. The molecular formula is C22H16N6O2. The molecule has 0 amide bonds. The number of para-hydroxylation sites is 1. The molecule has 5 rings (SSSR count). The fourth-order valence-corrected chi connectivity index (χ4v) is 3.40. The van der Waals surface area contributed by atoms with Gasteiger partial charge in [-0.25, -0.2) is 9.97 Å². The van der Waals surface area contributed by atoms with Gasteiger partial charge in [-0.3, -0.25) is 9.59 Å². The van der Waals surface area contributed by atoms with E-state index in [2.05, 4.69) is 30.1 Å². The summed E-state index contributed by atoms with van der Waals surface area (Å²) in [5.41, 5.74) is 2.75. The maximum Gasteiger partial charge on any atom is 0.190 e. The van der Waals surface area contributed by atoms with Crippen molar-refractivity contribution in [1.29, 1.82) is 0 Å². The number of aromatic nitrogens is 6. The number of aromatic amines is 2. The molecule has 0 atom stereocenters. The van der Waals surface area contributed by atoms with Crippen LogP contribution in [0.2, 0.25) is 0 Å². The van der Waals surface area contributed by atoms with E-state index in [1.165, 1.54) is 0 Å². The van der Waals surface area contributed by atoms with Gasteiger partial charge in [-0.15, -0.1) is 10.2 Å². The maximum atomic E-state index is 12.7. The van der Waals surface area contributed by atoms with Crippen LogP contribution in [0.25, 0.3) is 21.9 Å². The van der Waals surface area contributed by atoms with E-state index in [0.29, 0.717) is 28.2 Å². The Balaban J connectivity index is 1.42. The summed E-state index contributed by atoms with van der Waals surface area (Å²) in [6.07, 6.45) is 3.47. The number of carbonyl (C=O) groups is 2. The Labute approximate surface area is 170 Å². The van der Waals surface area contributed by atoms with Crippen molar-refractivity contribution in [3.05, 3.63) is 83.8 Å². The minimum Gasteiger partial charge on any atom is -0.348 e. The molecule has 0 radical (unpaired) electrons. The molecule has 8 heteroatoms. The van der Waals surface area contributed by atoms with Crippen LogP contribution in [0.15, 0.2) is 60.9 Å². The highest BCUT2D eigenvalue weighted by atomic mass is 16.1. The summed E-state index contributed by atoms with van der Waals surface area (Å²) in [5, 5.41) is 9.00. The summed E-state index contributed by atoms with van der Waals surface area (Å²) < 4.78 is 0. The third kappa shape index (κ3) is 3.35. The van der Waals surface area contributed by atoms with Crippen LogP contribution in [-0.2, 0) is 12.8 Å².